The Balaban J connectivity index is 1.72. The lowest BCUT2D eigenvalue weighted by atomic mass is 10.0. The van der Waals surface area contributed by atoms with Gasteiger partial charge in [0.1, 0.15) is 0 Å². The minimum atomic E-state index is 1.18. The highest BCUT2D eigenvalue weighted by Gasteiger charge is 2.06. The molecule has 0 unspecified atom stereocenters. The molecule has 0 aromatic carbocycles. The van der Waals surface area contributed by atoms with Crippen LogP contribution < -0.4 is 0 Å². The Bertz CT molecular complexity index is 765. The summed E-state index contributed by atoms with van der Waals surface area (Å²) in [5, 5.41) is 8.93. The molecular formula is C50H98N2S3. The summed E-state index contributed by atoms with van der Waals surface area (Å²) in [4.78, 5) is 0. The van der Waals surface area contributed by atoms with Crippen LogP contribution in [0.5, 0.6) is 0 Å². The molecule has 0 fully saturated rings. The first-order valence-corrected chi connectivity index (χ1v) is 28.2. The highest BCUT2D eigenvalue weighted by atomic mass is 32.2. The summed E-state index contributed by atoms with van der Waals surface area (Å²) < 4.78 is 2.36. The first-order valence-electron chi connectivity index (χ1n) is 25.5. The standard InChI is InChI=1S/C50H98N2S3/c1-3-5-7-9-11-13-15-17-19-21-23-25-27-29-31-33-35-37-39-41-43-45-47-53-49-51-52-50(55-49)54-48-46-44-42-40-38-36-34-32-30-28-26-24-22-20-18-16-14-12-10-8-6-4-2/h3-48H2,1-2H3. The molecule has 0 aliphatic heterocycles. The number of nitrogens with zero attached hydrogens (tertiary/aromatic N) is 2. The van der Waals surface area contributed by atoms with Gasteiger partial charge in [0, 0.05) is 11.5 Å². The van der Waals surface area contributed by atoms with Gasteiger partial charge in [-0.3, -0.25) is 0 Å². The molecule has 5 heteroatoms. The summed E-state index contributed by atoms with van der Waals surface area (Å²) in [6, 6.07) is 0. The van der Waals surface area contributed by atoms with Gasteiger partial charge in [0.2, 0.25) is 0 Å². The van der Waals surface area contributed by atoms with Gasteiger partial charge in [-0.25, -0.2) is 0 Å². The molecule has 0 amide bonds. The minimum absolute atomic E-state index is 1.18. The molecule has 2 nitrogen and oxygen atoms in total. The van der Waals surface area contributed by atoms with Crippen LogP contribution >= 0.6 is 34.9 Å². The number of hydrogen-bond donors (Lipinski definition) is 0. The largest absolute Gasteiger partial charge is 0.175 e. The van der Waals surface area contributed by atoms with Crippen molar-refractivity contribution in [3.63, 3.8) is 0 Å². The van der Waals surface area contributed by atoms with Gasteiger partial charge in [0.25, 0.3) is 0 Å². The van der Waals surface area contributed by atoms with E-state index in [2.05, 4.69) is 24.0 Å². The van der Waals surface area contributed by atoms with Gasteiger partial charge in [-0.15, -0.1) is 10.2 Å². The van der Waals surface area contributed by atoms with Crippen LogP contribution in [0, 0.1) is 0 Å². The maximum absolute atomic E-state index is 4.46. The maximum Gasteiger partial charge on any atom is 0.175 e. The Morgan fingerprint density at radius 1 is 0.255 bits per heavy atom. The number of aromatic nitrogens is 2. The van der Waals surface area contributed by atoms with Crippen molar-refractivity contribution >= 4 is 34.9 Å². The monoisotopic (exact) mass is 823 g/mol. The van der Waals surface area contributed by atoms with E-state index in [4.69, 9.17) is 0 Å². The van der Waals surface area contributed by atoms with Crippen molar-refractivity contribution in [2.45, 2.75) is 305 Å². The van der Waals surface area contributed by atoms with E-state index in [0.29, 0.717) is 0 Å². The Hall–Kier alpha value is 0.260. The molecule has 0 aliphatic carbocycles. The van der Waals surface area contributed by atoms with Crippen LogP contribution in [-0.4, -0.2) is 21.7 Å². The molecule has 0 saturated carbocycles. The third-order valence-corrected chi connectivity index (χ3v) is 15.2. The number of thioether (sulfide) groups is 2. The van der Waals surface area contributed by atoms with Crippen LogP contribution in [0.25, 0.3) is 0 Å². The zero-order valence-corrected chi connectivity index (χ0v) is 40.1. The lowest BCUT2D eigenvalue weighted by Crippen LogP contribution is -1.85. The van der Waals surface area contributed by atoms with Gasteiger partial charge in [-0.1, -0.05) is 318 Å². The summed E-state index contributed by atoms with van der Waals surface area (Å²) in [6.45, 7) is 4.62. The van der Waals surface area contributed by atoms with Crippen LogP contribution in [0.2, 0.25) is 0 Å². The molecule has 0 spiro atoms. The normalized spacial score (nSPS) is 11.7. The lowest BCUT2D eigenvalue weighted by Gasteiger charge is -2.04. The quantitative estimate of drug-likeness (QED) is 0.0483. The predicted molar refractivity (Wildman–Crippen MR) is 256 cm³/mol. The molecule has 326 valence electrons. The van der Waals surface area contributed by atoms with Crippen LogP contribution in [0.4, 0.5) is 0 Å². The van der Waals surface area contributed by atoms with Gasteiger partial charge >= 0.3 is 0 Å². The molecule has 0 aliphatic rings. The van der Waals surface area contributed by atoms with Crippen molar-refractivity contribution in [2.24, 2.45) is 0 Å². The summed E-state index contributed by atoms with van der Waals surface area (Å²) in [5.41, 5.74) is 0. The van der Waals surface area contributed by atoms with Gasteiger partial charge in [-0.05, 0) is 12.8 Å². The molecule has 55 heavy (non-hydrogen) atoms. The zero-order chi connectivity index (χ0) is 39.2. The molecule has 0 atom stereocenters. The van der Waals surface area contributed by atoms with E-state index in [1.807, 2.05) is 34.9 Å². The van der Waals surface area contributed by atoms with Gasteiger partial charge in [0.05, 0.1) is 0 Å². The second-order valence-corrected chi connectivity index (χ2v) is 21.0. The Morgan fingerprint density at radius 2 is 0.418 bits per heavy atom. The number of rotatable bonds is 48. The van der Waals surface area contributed by atoms with Crippen molar-refractivity contribution in [1.82, 2.24) is 10.2 Å². The van der Waals surface area contributed by atoms with E-state index in [9.17, 15) is 0 Å². The first-order chi connectivity index (χ1) is 27.4. The molecule has 0 radical (unpaired) electrons. The second kappa shape index (κ2) is 46.9. The van der Waals surface area contributed by atoms with Crippen molar-refractivity contribution < 1.29 is 0 Å². The molecule has 1 heterocycles. The number of unbranched alkanes of at least 4 members (excludes halogenated alkanes) is 42. The Labute approximate surface area is 359 Å². The molecule has 1 aromatic heterocycles. The molecule has 1 rings (SSSR count). The van der Waals surface area contributed by atoms with Crippen LogP contribution in [0.1, 0.15) is 296 Å². The topological polar surface area (TPSA) is 25.8 Å². The van der Waals surface area contributed by atoms with E-state index in [1.165, 1.54) is 303 Å². The predicted octanol–water partition coefficient (Wildman–Crippen LogP) is 19.9. The van der Waals surface area contributed by atoms with Crippen molar-refractivity contribution in [2.75, 3.05) is 11.5 Å². The average Bonchev–Trinajstić information content (AvgIpc) is 3.65. The maximum atomic E-state index is 4.46. The Morgan fingerprint density at radius 3 is 0.600 bits per heavy atom. The van der Waals surface area contributed by atoms with E-state index in [-0.39, 0.29) is 0 Å². The fourth-order valence-corrected chi connectivity index (χ4v) is 11.2. The third-order valence-electron chi connectivity index (χ3n) is 11.8. The highest BCUT2D eigenvalue weighted by molar-refractivity contribution is 8.03. The minimum Gasteiger partial charge on any atom is -0.131 e. The van der Waals surface area contributed by atoms with Gasteiger partial charge in [0.15, 0.2) is 8.68 Å². The van der Waals surface area contributed by atoms with E-state index >= 15 is 0 Å². The lowest BCUT2D eigenvalue weighted by molar-refractivity contribution is 0.520. The second-order valence-electron chi connectivity index (χ2n) is 17.4. The average molecular weight is 824 g/mol. The van der Waals surface area contributed by atoms with E-state index < -0.39 is 0 Å². The summed E-state index contributed by atoms with van der Waals surface area (Å²) in [5.74, 6) is 2.41. The SMILES string of the molecule is CCCCCCCCCCCCCCCCCCCCCCCCSc1nnc(SCCCCCCCCCCCCCCCCCCCCCCCC)s1. The summed E-state index contributed by atoms with van der Waals surface area (Å²) >= 11 is 5.69. The van der Waals surface area contributed by atoms with Crippen molar-refractivity contribution in [3.8, 4) is 0 Å². The van der Waals surface area contributed by atoms with Crippen LogP contribution in [0.3, 0.4) is 0 Å². The van der Waals surface area contributed by atoms with Crippen LogP contribution in [-0.2, 0) is 0 Å². The molecule has 0 saturated heterocycles. The summed E-state index contributed by atoms with van der Waals surface area (Å²) in [7, 11) is 0. The number of hydrogen-bond acceptors (Lipinski definition) is 5. The molecule has 0 bridgehead atoms. The molecular weight excluding hydrogens is 725 g/mol. The van der Waals surface area contributed by atoms with Crippen molar-refractivity contribution in [1.29, 1.82) is 0 Å². The smallest absolute Gasteiger partial charge is 0.131 e. The fraction of sp³-hybridized carbons (Fsp3) is 0.960. The first kappa shape index (κ1) is 53.3. The van der Waals surface area contributed by atoms with E-state index in [0.717, 1.165) is 0 Å². The molecule has 1 aromatic rings. The van der Waals surface area contributed by atoms with Crippen molar-refractivity contribution in [3.05, 3.63) is 0 Å². The van der Waals surface area contributed by atoms with Gasteiger partial charge < -0.3 is 0 Å². The molecule has 0 N–H and O–H groups in total. The van der Waals surface area contributed by atoms with Gasteiger partial charge in [-0.2, -0.15) is 0 Å². The zero-order valence-electron chi connectivity index (χ0n) is 37.6. The highest BCUT2D eigenvalue weighted by Crippen LogP contribution is 2.30. The van der Waals surface area contributed by atoms with E-state index in [1.54, 1.807) is 0 Å². The third kappa shape index (κ3) is 42.2. The van der Waals surface area contributed by atoms with Crippen LogP contribution in [0.15, 0.2) is 8.68 Å². The fourth-order valence-electron chi connectivity index (χ4n) is 8.05. The Kier molecular flexibility index (Phi) is 45.5. The summed E-state index contributed by atoms with van der Waals surface area (Å²) in [6.07, 6.45) is 63.8.